The van der Waals surface area contributed by atoms with Gasteiger partial charge in [0.25, 0.3) is 0 Å². The number of aliphatic hydroxyl groups excluding tert-OH is 2. The molecular formula is C29H43F3N2O7. The molecule has 1 fully saturated rings. The van der Waals surface area contributed by atoms with Gasteiger partial charge in [-0.3, -0.25) is 9.59 Å². The number of rotatable bonds is 7. The number of aliphatic hydroxyl groups is 2. The highest BCUT2D eigenvalue weighted by Gasteiger charge is 2.33. The number of benzene rings is 1. The number of hydrogen-bond donors (Lipinski definition) is 2. The maximum Gasteiger partial charge on any atom is 0.416 e. The van der Waals surface area contributed by atoms with Gasteiger partial charge >= 0.3 is 6.18 Å². The standard InChI is InChI=1S/C29H43F3N2O7/c1-20(2)14-23-16-33(27(37)19-39-3)17-25(40-4)28(38)24(35)18-41-13-6-5-12-34(23)26(36)11-10-21-8-7-9-22(15-21)29(30,31)32/h7-11,15,20,23-25,28,35,38H,5-6,12-14,16-19H2,1-4H3/b11-10+/t23-,24+,25+,28+/m0/s1. The Morgan fingerprint density at radius 3 is 2.54 bits per heavy atom. The van der Waals surface area contributed by atoms with Crippen LogP contribution < -0.4 is 0 Å². The fourth-order valence-electron chi connectivity index (χ4n) is 4.72. The van der Waals surface area contributed by atoms with E-state index in [1.807, 2.05) is 13.8 Å². The molecular weight excluding hydrogens is 545 g/mol. The molecule has 12 heteroatoms. The third-order valence-electron chi connectivity index (χ3n) is 6.86. The molecule has 4 atom stereocenters. The molecule has 0 saturated carbocycles. The van der Waals surface area contributed by atoms with Gasteiger partial charge in [0.05, 0.1) is 12.2 Å². The maximum absolute atomic E-state index is 13.6. The summed E-state index contributed by atoms with van der Waals surface area (Å²) in [5, 5.41) is 21.1. The highest BCUT2D eigenvalue weighted by Crippen LogP contribution is 2.30. The molecule has 0 radical (unpaired) electrons. The van der Waals surface area contributed by atoms with E-state index < -0.39 is 42.0 Å². The Hall–Kier alpha value is -2.51. The number of alkyl halides is 3. The number of halogens is 3. The van der Waals surface area contributed by atoms with Crippen molar-refractivity contribution >= 4 is 17.9 Å². The van der Waals surface area contributed by atoms with E-state index >= 15 is 0 Å². The van der Waals surface area contributed by atoms with Crippen LogP contribution in [0.1, 0.15) is 44.2 Å². The van der Waals surface area contributed by atoms with Gasteiger partial charge in [-0.1, -0.05) is 26.0 Å². The van der Waals surface area contributed by atoms with Crippen molar-refractivity contribution in [2.45, 2.75) is 63.6 Å². The van der Waals surface area contributed by atoms with Crippen LogP contribution in [0.5, 0.6) is 0 Å². The molecule has 1 aromatic carbocycles. The fourth-order valence-corrected chi connectivity index (χ4v) is 4.72. The summed E-state index contributed by atoms with van der Waals surface area (Å²) in [6.07, 6.45) is -3.78. The van der Waals surface area contributed by atoms with Crippen LogP contribution in [0.4, 0.5) is 13.2 Å². The van der Waals surface area contributed by atoms with Crippen molar-refractivity contribution in [2.24, 2.45) is 5.92 Å². The lowest BCUT2D eigenvalue weighted by atomic mass is 10.00. The van der Waals surface area contributed by atoms with E-state index in [-0.39, 0.29) is 50.3 Å². The van der Waals surface area contributed by atoms with Gasteiger partial charge in [-0.25, -0.2) is 0 Å². The highest BCUT2D eigenvalue weighted by molar-refractivity contribution is 5.92. The molecule has 41 heavy (non-hydrogen) atoms. The summed E-state index contributed by atoms with van der Waals surface area (Å²) in [5.74, 6) is -0.658. The van der Waals surface area contributed by atoms with Gasteiger partial charge in [0, 0.05) is 52.6 Å². The first-order valence-electron chi connectivity index (χ1n) is 13.8. The number of carbonyl (C=O) groups excluding carboxylic acids is 2. The van der Waals surface area contributed by atoms with Crippen molar-refractivity contribution in [3.05, 3.63) is 41.5 Å². The Morgan fingerprint density at radius 2 is 1.90 bits per heavy atom. The van der Waals surface area contributed by atoms with Crippen LogP contribution in [0.3, 0.4) is 0 Å². The number of ether oxygens (including phenoxy) is 3. The van der Waals surface area contributed by atoms with Crippen LogP contribution in [-0.4, -0.2) is 110 Å². The van der Waals surface area contributed by atoms with Crippen LogP contribution in [0.25, 0.3) is 6.08 Å². The molecule has 9 nitrogen and oxygen atoms in total. The first-order valence-corrected chi connectivity index (χ1v) is 13.8. The topological polar surface area (TPSA) is 109 Å². The molecule has 0 aromatic heterocycles. The zero-order valence-electron chi connectivity index (χ0n) is 24.2. The van der Waals surface area contributed by atoms with Gasteiger partial charge in [0.2, 0.25) is 11.8 Å². The lowest BCUT2D eigenvalue weighted by molar-refractivity contribution is -0.145. The van der Waals surface area contributed by atoms with Crippen molar-refractivity contribution in [3.63, 3.8) is 0 Å². The molecule has 1 aliphatic heterocycles. The van der Waals surface area contributed by atoms with Crippen LogP contribution in [-0.2, 0) is 30.0 Å². The summed E-state index contributed by atoms with van der Waals surface area (Å²) in [7, 11) is 2.75. The monoisotopic (exact) mass is 588 g/mol. The normalized spacial score (nSPS) is 24.0. The Morgan fingerprint density at radius 1 is 1.17 bits per heavy atom. The Bertz CT molecular complexity index is 989. The zero-order chi connectivity index (χ0) is 30.6. The first-order chi connectivity index (χ1) is 19.4. The van der Waals surface area contributed by atoms with Gasteiger partial charge in [-0.15, -0.1) is 0 Å². The molecule has 0 spiro atoms. The van der Waals surface area contributed by atoms with E-state index in [0.29, 0.717) is 25.8 Å². The third-order valence-corrected chi connectivity index (χ3v) is 6.86. The molecule has 0 aliphatic carbocycles. The molecule has 1 heterocycles. The summed E-state index contributed by atoms with van der Waals surface area (Å²) in [6.45, 7) is 4.23. The number of amides is 2. The van der Waals surface area contributed by atoms with Gasteiger partial charge < -0.3 is 34.2 Å². The average Bonchev–Trinajstić information content (AvgIpc) is 2.91. The number of hydrogen-bond acceptors (Lipinski definition) is 7. The maximum atomic E-state index is 13.6. The molecule has 232 valence electrons. The van der Waals surface area contributed by atoms with Crippen LogP contribution in [0, 0.1) is 5.92 Å². The minimum Gasteiger partial charge on any atom is -0.388 e. The Labute approximate surface area is 239 Å². The smallest absolute Gasteiger partial charge is 0.388 e. The van der Waals surface area contributed by atoms with Crippen LogP contribution in [0.2, 0.25) is 0 Å². The largest absolute Gasteiger partial charge is 0.416 e. The van der Waals surface area contributed by atoms with Crippen LogP contribution >= 0.6 is 0 Å². The minimum atomic E-state index is -4.51. The Balaban J connectivity index is 2.43. The second-order valence-corrected chi connectivity index (χ2v) is 10.6. The van der Waals surface area contributed by atoms with E-state index in [4.69, 9.17) is 14.2 Å². The summed E-state index contributed by atoms with van der Waals surface area (Å²) in [6, 6.07) is 4.26. The molecule has 2 N–H and O–H groups in total. The van der Waals surface area contributed by atoms with Gasteiger partial charge in [0.15, 0.2) is 0 Å². The van der Waals surface area contributed by atoms with E-state index in [9.17, 15) is 33.0 Å². The summed E-state index contributed by atoms with van der Waals surface area (Å²) in [5.41, 5.74) is -0.577. The van der Waals surface area contributed by atoms with Crippen LogP contribution in [0.15, 0.2) is 30.3 Å². The van der Waals surface area contributed by atoms with Gasteiger partial charge in [-0.2, -0.15) is 13.2 Å². The summed E-state index contributed by atoms with van der Waals surface area (Å²) < 4.78 is 55.5. The highest BCUT2D eigenvalue weighted by atomic mass is 19.4. The van der Waals surface area contributed by atoms with Crippen molar-refractivity contribution in [1.82, 2.24) is 9.80 Å². The predicted octanol–water partition coefficient (Wildman–Crippen LogP) is 2.98. The van der Waals surface area contributed by atoms with Crippen molar-refractivity contribution in [2.75, 3.05) is 53.7 Å². The van der Waals surface area contributed by atoms with E-state index in [1.54, 1.807) is 4.90 Å². The molecule has 1 saturated heterocycles. The lowest BCUT2D eigenvalue weighted by Gasteiger charge is -2.38. The predicted molar refractivity (Wildman–Crippen MR) is 147 cm³/mol. The molecule has 1 aromatic rings. The molecule has 0 bridgehead atoms. The second-order valence-electron chi connectivity index (χ2n) is 10.6. The summed E-state index contributed by atoms with van der Waals surface area (Å²) >= 11 is 0. The van der Waals surface area contributed by atoms with E-state index in [1.165, 1.54) is 43.4 Å². The van der Waals surface area contributed by atoms with Crippen molar-refractivity contribution < 1.29 is 47.2 Å². The van der Waals surface area contributed by atoms with Crippen molar-refractivity contribution in [3.8, 4) is 0 Å². The lowest BCUT2D eigenvalue weighted by Crippen LogP contribution is -2.54. The quantitative estimate of drug-likeness (QED) is 0.472. The van der Waals surface area contributed by atoms with Gasteiger partial charge in [-0.05, 0) is 49.0 Å². The average molecular weight is 589 g/mol. The number of methoxy groups -OCH3 is 2. The summed E-state index contributed by atoms with van der Waals surface area (Å²) in [4.78, 5) is 29.7. The molecule has 2 rings (SSSR count). The minimum absolute atomic E-state index is 0.0758. The molecule has 0 unspecified atom stereocenters. The van der Waals surface area contributed by atoms with E-state index in [0.717, 1.165) is 12.1 Å². The van der Waals surface area contributed by atoms with Crippen molar-refractivity contribution in [1.29, 1.82) is 0 Å². The second kappa shape index (κ2) is 16.8. The first kappa shape index (κ1) is 34.7. The number of nitrogens with zero attached hydrogens (tertiary/aromatic N) is 2. The number of carbonyl (C=O) groups is 2. The molecule has 2 amide bonds. The Kier molecular flexibility index (Phi) is 14.2. The fraction of sp³-hybridized carbons (Fsp3) is 0.655. The molecule has 1 aliphatic rings. The SMILES string of the molecule is COCC(=O)N1C[C@H](CC(C)C)N(C(=O)/C=C/c2cccc(C(F)(F)F)c2)CCCCOC[C@@H](O)[C@@H](O)[C@H](OC)C1. The van der Waals surface area contributed by atoms with Gasteiger partial charge in [0.1, 0.15) is 24.9 Å². The zero-order valence-corrected chi connectivity index (χ0v) is 24.2. The van der Waals surface area contributed by atoms with E-state index in [2.05, 4.69) is 0 Å². The third kappa shape index (κ3) is 11.4.